The van der Waals surface area contributed by atoms with Gasteiger partial charge >= 0.3 is 0 Å². The van der Waals surface area contributed by atoms with Gasteiger partial charge in [-0.3, -0.25) is 0 Å². The average molecular weight is 298 g/mol. The lowest BCUT2D eigenvalue weighted by molar-refractivity contribution is 0.126. The topological polar surface area (TPSA) is 70.1 Å². The van der Waals surface area contributed by atoms with Crippen LogP contribution >= 0.6 is 0 Å². The number of hydrogen-bond donors (Lipinski definition) is 3. The van der Waals surface area contributed by atoms with E-state index in [2.05, 4.69) is 32.7 Å². The van der Waals surface area contributed by atoms with Gasteiger partial charge in [-0.05, 0) is 37.3 Å². The lowest BCUT2D eigenvalue weighted by Crippen LogP contribution is -2.29. The van der Waals surface area contributed by atoms with E-state index in [1.54, 1.807) is 6.20 Å². The monoisotopic (exact) mass is 298 g/mol. The van der Waals surface area contributed by atoms with Crippen LogP contribution < -0.4 is 10.6 Å². The van der Waals surface area contributed by atoms with Crippen molar-refractivity contribution in [2.45, 2.75) is 44.4 Å². The lowest BCUT2D eigenvalue weighted by atomic mass is 9.93. The van der Waals surface area contributed by atoms with Crippen LogP contribution in [0, 0.1) is 0 Å². The highest BCUT2D eigenvalue weighted by Crippen LogP contribution is 2.21. The number of aliphatic hydroxyl groups excluding tert-OH is 1. The van der Waals surface area contributed by atoms with Crippen molar-refractivity contribution in [3.8, 4) is 0 Å². The Balaban J connectivity index is 1.55. The Hall–Kier alpha value is -2.14. The van der Waals surface area contributed by atoms with E-state index < -0.39 is 0 Å². The summed E-state index contributed by atoms with van der Waals surface area (Å²) in [5.41, 5.74) is 1.22. The molecule has 0 spiro atoms. The minimum Gasteiger partial charge on any atom is -0.393 e. The van der Waals surface area contributed by atoms with Crippen molar-refractivity contribution in [3.63, 3.8) is 0 Å². The third-order valence-corrected chi connectivity index (χ3v) is 4.00. The minimum absolute atomic E-state index is 0.141. The van der Waals surface area contributed by atoms with Crippen molar-refractivity contribution in [2.75, 3.05) is 10.6 Å². The van der Waals surface area contributed by atoms with E-state index in [0.717, 1.165) is 38.0 Å². The summed E-state index contributed by atoms with van der Waals surface area (Å²) < 4.78 is 0. The van der Waals surface area contributed by atoms with Crippen LogP contribution in [0.4, 0.5) is 11.8 Å². The molecule has 1 fully saturated rings. The van der Waals surface area contributed by atoms with Gasteiger partial charge in [-0.2, -0.15) is 4.98 Å². The highest BCUT2D eigenvalue weighted by Gasteiger charge is 2.19. The van der Waals surface area contributed by atoms with E-state index in [0.29, 0.717) is 12.0 Å². The van der Waals surface area contributed by atoms with Gasteiger partial charge in [0.2, 0.25) is 5.95 Å². The maximum atomic E-state index is 9.55. The fourth-order valence-corrected chi connectivity index (χ4v) is 2.72. The first-order chi connectivity index (χ1) is 10.8. The first-order valence-electron chi connectivity index (χ1n) is 7.85. The molecule has 3 rings (SSSR count). The quantitative estimate of drug-likeness (QED) is 0.792. The molecule has 1 aromatic carbocycles. The van der Waals surface area contributed by atoms with E-state index >= 15 is 0 Å². The number of anilines is 2. The minimum atomic E-state index is -0.141. The summed E-state index contributed by atoms with van der Waals surface area (Å²) >= 11 is 0. The Morgan fingerprint density at radius 1 is 1.05 bits per heavy atom. The molecule has 1 saturated carbocycles. The molecule has 5 nitrogen and oxygen atoms in total. The van der Waals surface area contributed by atoms with Crippen LogP contribution in [0.5, 0.6) is 0 Å². The third kappa shape index (κ3) is 4.18. The fraction of sp³-hybridized carbons (Fsp3) is 0.412. The van der Waals surface area contributed by atoms with Crippen LogP contribution in [0.25, 0.3) is 0 Å². The number of nitrogens with one attached hydrogen (secondary N) is 2. The highest BCUT2D eigenvalue weighted by atomic mass is 16.3. The van der Waals surface area contributed by atoms with Gasteiger partial charge in [-0.15, -0.1) is 0 Å². The zero-order valence-electron chi connectivity index (χ0n) is 12.6. The summed E-state index contributed by atoms with van der Waals surface area (Å²) in [6.07, 6.45) is 5.25. The van der Waals surface area contributed by atoms with Crippen molar-refractivity contribution in [3.05, 3.63) is 48.2 Å². The third-order valence-electron chi connectivity index (χ3n) is 4.00. The molecule has 0 unspecified atom stereocenters. The van der Waals surface area contributed by atoms with E-state index in [9.17, 15) is 5.11 Å². The number of nitrogens with zero attached hydrogens (tertiary/aromatic N) is 2. The van der Waals surface area contributed by atoms with Crippen molar-refractivity contribution in [1.82, 2.24) is 9.97 Å². The molecule has 1 aliphatic rings. The number of aromatic nitrogens is 2. The van der Waals surface area contributed by atoms with Gasteiger partial charge in [0.25, 0.3) is 0 Å². The summed E-state index contributed by atoms with van der Waals surface area (Å²) in [4.78, 5) is 8.79. The molecule has 3 N–H and O–H groups in total. The zero-order chi connectivity index (χ0) is 15.2. The second-order valence-electron chi connectivity index (χ2n) is 5.75. The van der Waals surface area contributed by atoms with Crippen LogP contribution in [0.2, 0.25) is 0 Å². The molecule has 2 aromatic rings. The highest BCUT2D eigenvalue weighted by molar-refractivity contribution is 5.40. The van der Waals surface area contributed by atoms with Crippen molar-refractivity contribution < 1.29 is 5.11 Å². The summed E-state index contributed by atoms with van der Waals surface area (Å²) in [5.74, 6) is 1.47. The zero-order valence-corrected chi connectivity index (χ0v) is 12.6. The number of rotatable bonds is 5. The maximum Gasteiger partial charge on any atom is 0.224 e. The molecule has 116 valence electrons. The Labute approximate surface area is 130 Å². The Morgan fingerprint density at radius 2 is 1.82 bits per heavy atom. The van der Waals surface area contributed by atoms with Crippen LogP contribution in [0.1, 0.15) is 31.2 Å². The van der Waals surface area contributed by atoms with E-state index in [4.69, 9.17) is 0 Å². The molecule has 1 aliphatic carbocycles. The van der Waals surface area contributed by atoms with Gasteiger partial charge in [0, 0.05) is 18.8 Å². The van der Waals surface area contributed by atoms with Crippen molar-refractivity contribution in [1.29, 1.82) is 0 Å². The predicted molar refractivity (Wildman–Crippen MR) is 87.7 cm³/mol. The molecule has 1 heterocycles. The molecule has 0 saturated heterocycles. The number of benzene rings is 1. The molecule has 0 bridgehead atoms. The molecule has 0 atom stereocenters. The van der Waals surface area contributed by atoms with Crippen molar-refractivity contribution in [2.24, 2.45) is 0 Å². The molecule has 1 aromatic heterocycles. The molecule has 0 aliphatic heterocycles. The summed E-state index contributed by atoms with van der Waals surface area (Å²) in [7, 11) is 0. The van der Waals surface area contributed by atoms with Gasteiger partial charge in [-0.1, -0.05) is 30.3 Å². The van der Waals surface area contributed by atoms with Gasteiger partial charge in [-0.25, -0.2) is 4.98 Å². The first kappa shape index (κ1) is 14.8. The van der Waals surface area contributed by atoms with Crippen LogP contribution in [0.3, 0.4) is 0 Å². The molecular formula is C17H22N4O. The van der Waals surface area contributed by atoms with E-state index in [1.807, 2.05) is 24.3 Å². The Morgan fingerprint density at radius 3 is 2.59 bits per heavy atom. The van der Waals surface area contributed by atoms with Gasteiger partial charge in [0.15, 0.2) is 0 Å². The first-order valence-corrected chi connectivity index (χ1v) is 7.85. The van der Waals surface area contributed by atoms with Crippen molar-refractivity contribution >= 4 is 11.8 Å². The van der Waals surface area contributed by atoms with Gasteiger partial charge in [0.05, 0.1) is 6.10 Å². The molecule has 5 heteroatoms. The fourth-order valence-electron chi connectivity index (χ4n) is 2.72. The second kappa shape index (κ2) is 7.22. The predicted octanol–water partition coefficient (Wildman–Crippen LogP) is 2.80. The molecule has 0 radical (unpaired) electrons. The molecule has 22 heavy (non-hydrogen) atoms. The second-order valence-corrected chi connectivity index (χ2v) is 5.75. The summed E-state index contributed by atoms with van der Waals surface area (Å²) in [6, 6.07) is 12.5. The maximum absolute atomic E-state index is 9.55. The van der Waals surface area contributed by atoms with Gasteiger partial charge < -0.3 is 15.7 Å². The molecular weight excluding hydrogens is 276 g/mol. The lowest BCUT2D eigenvalue weighted by Gasteiger charge is -2.26. The molecule has 0 amide bonds. The van der Waals surface area contributed by atoms with E-state index in [-0.39, 0.29) is 6.10 Å². The Kier molecular flexibility index (Phi) is 4.85. The van der Waals surface area contributed by atoms with E-state index in [1.165, 1.54) is 5.56 Å². The number of aliphatic hydroxyl groups is 1. The average Bonchev–Trinajstić information content (AvgIpc) is 2.57. The number of hydrogen-bond acceptors (Lipinski definition) is 5. The SMILES string of the molecule is OC1CCC(Nc2nccc(NCc3ccccc3)n2)CC1. The van der Waals surface area contributed by atoms with Gasteiger partial charge in [0.1, 0.15) is 5.82 Å². The van der Waals surface area contributed by atoms with Crippen LogP contribution in [-0.4, -0.2) is 27.2 Å². The van der Waals surface area contributed by atoms with Crippen LogP contribution in [-0.2, 0) is 6.54 Å². The van der Waals surface area contributed by atoms with Crippen LogP contribution in [0.15, 0.2) is 42.6 Å². The normalized spacial score (nSPS) is 21.3. The smallest absolute Gasteiger partial charge is 0.224 e. The largest absolute Gasteiger partial charge is 0.393 e. The summed E-state index contributed by atoms with van der Waals surface area (Å²) in [6.45, 7) is 0.743. The summed E-state index contributed by atoms with van der Waals surface area (Å²) in [5, 5.41) is 16.2. The Bertz CT molecular complexity index is 582. The standard InChI is InChI=1S/C17H22N4O/c22-15-8-6-14(7-9-15)20-17-18-11-10-16(21-17)19-12-13-4-2-1-3-5-13/h1-5,10-11,14-15,22H,6-9,12H2,(H2,18,19,20,21).